The van der Waals surface area contributed by atoms with Crippen LogP contribution in [0.5, 0.6) is 5.75 Å². The molecule has 0 saturated carbocycles. The first-order valence-corrected chi connectivity index (χ1v) is 9.69. The van der Waals surface area contributed by atoms with E-state index in [9.17, 15) is 9.59 Å². The van der Waals surface area contributed by atoms with Gasteiger partial charge >= 0.3 is 6.03 Å². The molecule has 28 heavy (non-hydrogen) atoms. The van der Waals surface area contributed by atoms with Crippen molar-refractivity contribution in [1.29, 1.82) is 0 Å². The molecule has 6 heteroatoms. The smallest absolute Gasteiger partial charge is 0.322 e. The van der Waals surface area contributed by atoms with Crippen LogP contribution in [0.3, 0.4) is 0 Å². The summed E-state index contributed by atoms with van der Waals surface area (Å²) in [6, 6.07) is 13.5. The number of amides is 3. The number of anilines is 2. The Morgan fingerprint density at radius 3 is 2.68 bits per heavy atom. The molecule has 2 aliphatic rings. The Morgan fingerprint density at radius 2 is 2.04 bits per heavy atom. The van der Waals surface area contributed by atoms with E-state index in [0.717, 1.165) is 54.2 Å². The van der Waals surface area contributed by atoms with Crippen molar-refractivity contribution >= 4 is 23.3 Å². The van der Waals surface area contributed by atoms with E-state index in [-0.39, 0.29) is 18.0 Å². The molecular formula is C22H25N3O3. The molecule has 1 N–H and O–H groups in total. The van der Waals surface area contributed by atoms with Gasteiger partial charge in [-0.05, 0) is 61.2 Å². The van der Waals surface area contributed by atoms with Gasteiger partial charge in [-0.2, -0.15) is 0 Å². The summed E-state index contributed by atoms with van der Waals surface area (Å²) in [4.78, 5) is 28.4. The third-order valence-corrected chi connectivity index (χ3v) is 5.57. The van der Waals surface area contributed by atoms with Crippen LogP contribution in [-0.4, -0.2) is 37.0 Å². The molecule has 0 aromatic heterocycles. The van der Waals surface area contributed by atoms with Gasteiger partial charge in [0.1, 0.15) is 5.75 Å². The summed E-state index contributed by atoms with van der Waals surface area (Å²) < 4.78 is 5.29. The van der Waals surface area contributed by atoms with E-state index in [2.05, 4.69) is 5.32 Å². The molecule has 0 spiro atoms. The molecule has 0 aliphatic carbocycles. The molecule has 1 unspecified atom stereocenters. The minimum atomic E-state index is -0.108. The standard InChI is InChI=1S/C22H25N3O3/c1-15-13-17(8-9-19(15)24-11-4-7-21(24)26)23-22(27)25-12-10-20(25)16-5-3-6-18(14-16)28-2/h3,5-6,8-9,13-14,20H,4,7,10-12H2,1-2H3,(H,23,27). The Balaban J connectivity index is 1.45. The number of rotatable bonds is 4. The van der Waals surface area contributed by atoms with Crippen LogP contribution < -0.4 is 15.0 Å². The molecule has 2 aromatic carbocycles. The Hall–Kier alpha value is -3.02. The fraction of sp³-hybridized carbons (Fsp3) is 0.364. The van der Waals surface area contributed by atoms with Gasteiger partial charge in [-0.1, -0.05) is 12.1 Å². The monoisotopic (exact) mass is 379 g/mol. The number of likely N-dealkylation sites (tertiary alicyclic amines) is 1. The van der Waals surface area contributed by atoms with Crippen molar-refractivity contribution in [2.75, 3.05) is 30.4 Å². The summed E-state index contributed by atoms with van der Waals surface area (Å²) in [5, 5.41) is 2.99. The summed E-state index contributed by atoms with van der Waals surface area (Å²) in [5.74, 6) is 0.967. The Morgan fingerprint density at radius 1 is 1.18 bits per heavy atom. The van der Waals surface area contributed by atoms with Crippen molar-refractivity contribution in [3.05, 3.63) is 53.6 Å². The topological polar surface area (TPSA) is 61.9 Å². The van der Waals surface area contributed by atoms with Crippen LogP contribution in [-0.2, 0) is 4.79 Å². The van der Waals surface area contributed by atoms with Gasteiger partial charge in [0.25, 0.3) is 0 Å². The van der Waals surface area contributed by atoms with Gasteiger partial charge < -0.3 is 19.9 Å². The second kappa shape index (κ2) is 7.54. The van der Waals surface area contributed by atoms with E-state index < -0.39 is 0 Å². The predicted molar refractivity (Wildman–Crippen MR) is 109 cm³/mol. The molecule has 1 atom stereocenters. The first-order chi connectivity index (χ1) is 13.6. The zero-order chi connectivity index (χ0) is 19.7. The number of hydrogen-bond acceptors (Lipinski definition) is 3. The van der Waals surface area contributed by atoms with Gasteiger partial charge in [-0.3, -0.25) is 4.79 Å². The second-order valence-corrected chi connectivity index (χ2v) is 7.35. The van der Waals surface area contributed by atoms with E-state index in [1.807, 2.05) is 59.2 Å². The predicted octanol–water partition coefficient (Wildman–Crippen LogP) is 4.11. The summed E-state index contributed by atoms with van der Waals surface area (Å²) in [6.45, 7) is 3.47. The van der Waals surface area contributed by atoms with E-state index in [1.54, 1.807) is 7.11 Å². The number of carbonyl (C=O) groups excluding carboxylic acids is 2. The van der Waals surface area contributed by atoms with Crippen molar-refractivity contribution < 1.29 is 14.3 Å². The zero-order valence-corrected chi connectivity index (χ0v) is 16.3. The third kappa shape index (κ3) is 3.42. The van der Waals surface area contributed by atoms with Crippen molar-refractivity contribution in [1.82, 2.24) is 4.90 Å². The SMILES string of the molecule is COc1cccc(C2CCN2C(=O)Nc2ccc(N3CCCC3=O)c(C)c2)c1. The van der Waals surface area contributed by atoms with Crippen LogP contribution in [0.25, 0.3) is 0 Å². The molecule has 2 fully saturated rings. The van der Waals surface area contributed by atoms with Crippen molar-refractivity contribution in [3.8, 4) is 5.75 Å². The number of methoxy groups -OCH3 is 1. The largest absolute Gasteiger partial charge is 0.497 e. The maximum absolute atomic E-state index is 12.8. The van der Waals surface area contributed by atoms with Crippen LogP contribution in [0.4, 0.5) is 16.2 Å². The molecule has 2 heterocycles. The molecule has 0 bridgehead atoms. The Kier molecular flexibility index (Phi) is 4.94. The van der Waals surface area contributed by atoms with Crippen LogP contribution >= 0.6 is 0 Å². The number of urea groups is 1. The van der Waals surface area contributed by atoms with Crippen LogP contribution in [0.15, 0.2) is 42.5 Å². The minimum absolute atomic E-state index is 0.0673. The normalized spacial score (nSPS) is 18.8. The first-order valence-electron chi connectivity index (χ1n) is 9.69. The maximum atomic E-state index is 12.8. The average Bonchev–Trinajstić information content (AvgIpc) is 3.07. The lowest BCUT2D eigenvalue weighted by Gasteiger charge is -2.41. The number of nitrogens with zero attached hydrogens (tertiary/aromatic N) is 2. The second-order valence-electron chi connectivity index (χ2n) is 7.35. The Bertz CT molecular complexity index is 912. The lowest BCUT2D eigenvalue weighted by Crippen LogP contribution is -2.47. The highest BCUT2D eigenvalue weighted by Gasteiger charge is 2.33. The van der Waals surface area contributed by atoms with Gasteiger partial charge in [0.15, 0.2) is 0 Å². The number of hydrogen-bond donors (Lipinski definition) is 1. The molecule has 4 rings (SSSR count). The lowest BCUT2D eigenvalue weighted by atomic mass is 9.95. The summed E-state index contributed by atoms with van der Waals surface area (Å²) in [6.07, 6.45) is 2.45. The molecule has 2 saturated heterocycles. The number of benzene rings is 2. The van der Waals surface area contributed by atoms with Gasteiger partial charge in [0.05, 0.1) is 13.2 Å². The lowest BCUT2D eigenvalue weighted by molar-refractivity contribution is -0.117. The van der Waals surface area contributed by atoms with E-state index >= 15 is 0 Å². The third-order valence-electron chi connectivity index (χ3n) is 5.57. The molecule has 146 valence electrons. The highest BCUT2D eigenvalue weighted by Crippen LogP contribution is 2.35. The fourth-order valence-corrected chi connectivity index (χ4v) is 3.96. The molecule has 0 radical (unpaired) electrons. The highest BCUT2D eigenvalue weighted by atomic mass is 16.5. The van der Waals surface area contributed by atoms with Crippen LogP contribution in [0, 0.1) is 6.92 Å². The molecular weight excluding hydrogens is 354 g/mol. The molecule has 2 aromatic rings. The summed E-state index contributed by atoms with van der Waals surface area (Å²) in [5.41, 5.74) is 3.74. The van der Waals surface area contributed by atoms with E-state index in [4.69, 9.17) is 4.74 Å². The van der Waals surface area contributed by atoms with Gasteiger partial charge in [0, 0.05) is 30.9 Å². The molecule has 6 nitrogen and oxygen atoms in total. The van der Waals surface area contributed by atoms with E-state index in [1.165, 1.54) is 0 Å². The molecule has 2 aliphatic heterocycles. The minimum Gasteiger partial charge on any atom is -0.497 e. The van der Waals surface area contributed by atoms with Gasteiger partial charge in [-0.15, -0.1) is 0 Å². The Labute approximate surface area is 165 Å². The molecule has 3 amide bonds. The van der Waals surface area contributed by atoms with Crippen molar-refractivity contribution in [2.45, 2.75) is 32.2 Å². The maximum Gasteiger partial charge on any atom is 0.322 e. The number of ether oxygens (including phenoxy) is 1. The number of aryl methyl sites for hydroxylation is 1. The van der Waals surface area contributed by atoms with Crippen LogP contribution in [0.2, 0.25) is 0 Å². The zero-order valence-electron chi connectivity index (χ0n) is 16.3. The number of nitrogens with one attached hydrogen (secondary N) is 1. The number of carbonyl (C=O) groups is 2. The fourth-order valence-electron chi connectivity index (χ4n) is 3.96. The first kappa shape index (κ1) is 18.3. The highest BCUT2D eigenvalue weighted by molar-refractivity contribution is 5.97. The average molecular weight is 379 g/mol. The summed E-state index contributed by atoms with van der Waals surface area (Å²) >= 11 is 0. The van der Waals surface area contributed by atoms with Gasteiger partial charge in [-0.25, -0.2) is 4.79 Å². The summed E-state index contributed by atoms with van der Waals surface area (Å²) in [7, 11) is 1.64. The van der Waals surface area contributed by atoms with Crippen molar-refractivity contribution in [2.24, 2.45) is 0 Å². The van der Waals surface area contributed by atoms with Crippen LogP contribution in [0.1, 0.15) is 36.4 Å². The quantitative estimate of drug-likeness (QED) is 0.870. The van der Waals surface area contributed by atoms with Gasteiger partial charge in [0.2, 0.25) is 5.91 Å². The van der Waals surface area contributed by atoms with Crippen molar-refractivity contribution in [3.63, 3.8) is 0 Å². The van der Waals surface area contributed by atoms with E-state index in [0.29, 0.717) is 6.42 Å².